The number of ether oxygens (including phenoxy) is 4. The smallest absolute Gasteiger partial charge is 0.320 e. The fraction of sp³-hybridized carbons (Fsp3) is 0.400. The maximum Gasteiger partial charge on any atom is 0.320 e. The lowest BCUT2D eigenvalue weighted by molar-refractivity contribution is -0.160. The first-order valence-corrected chi connectivity index (χ1v) is 10.4. The molecule has 0 unspecified atom stereocenters. The SMILES string of the molecule is COC(=O)C(C/C=C(/CC(C(=O)OC)C(=O)OC)S(=O)(=O)c1ccccc1)C(=O)OC. The maximum atomic E-state index is 13.2. The lowest BCUT2D eigenvalue weighted by Crippen LogP contribution is -2.29. The van der Waals surface area contributed by atoms with E-state index < -0.39 is 58.4 Å². The average molecular weight is 456 g/mol. The molecule has 0 heterocycles. The Balaban J connectivity index is 3.50. The van der Waals surface area contributed by atoms with Gasteiger partial charge in [0.2, 0.25) is 9.84 Å². The van der Waals surface area contributed by atoms with Crippen molar-refractivity contribution in [1.82, 2.24) is 0 Å². The van der Waals surface area contributed by atoms with Gasteiger partial charge in [0.15, 0.2) is 11.8 Å². The van der Waals surface area contributed by atoms with Gasteiger partial charge in [0.05, 0.1) is 33.3 Å². The zero-order valence-electron chi connectivity index (χ0n) is 17.5. The van der Waals surface area contributed by atoms with Gasteiger partial charge in [0.1, 0.15) is 0 Å². The minimum Gasteiger partial charge on any atom is -0.468 e. The van der Waals surface area contributed by atoms with Crippen molar-refractivity contribution in [2.75, 3.05) is 28.4 Å². The number of hydrogen-bond acceptors (Lipinski definition) is 10. The number of methoxy groups -OCH3 is 4. The van der Waals surface area contributed by atoms with Crippen LogP contribution in [-0.2, 0) is 48.0 Å². The molecule has 0 amide bonds. The monoisotopic (exact) mass is 456 g/mol. The summed E-state index contributed by atoms with van der Waals surface area (Å²) in [7, 11) is 0.00764. The lowest BCUT2D eigenvalue weighted by Gasteiger charge is -2.16. The normalized spacial score (nSPS) is 11.7. The number of carbonyl (C=O) groups excluding carboxylic acids is 4. The molecule has 1 aromatic rings. The molecule has 0 spiro atoms. The molecule has 0 saturated carbocycles. The van der Waals surface area contributed by atoms with Gasteiger partial charge in [-0.25, -0.2) is 8.42 Å². The molecule has 0 N–H and O–H groups in total. The third-order valence-electron chi connectivity index (χ3n) is 4.33. The minimum atomic E-state index is -4.20. The van der Waals surface area contributed by atoms with Crippen LogP contribution in [0.3, 0.4) is 0 Å². The molecule has 0 saturated heterocycles. The summed E-state index contributed by atoms with van der Waals surface area (Å²) in [5, 5.41) is 0. The Morgan fingerprint density at radius 3 is 1.61 bits per heavy atom. The minimum absolute atomic E-state index is 0.109. The summed E-state index contributed by atoms with van der Waals surface area (Å²) in [6.45, 7) is 0. The number of sulfone groups is 1. The van der Waals surface area contributed by atoms with Crippen LogP contribution in [-0.4, -0.2) is 60.7 Å². The Labute approximate surface area is 180 Å². The first-order valence-electron chi connectivity index (χ1n) is 8.94. The first-order chi connectivity index (χ1) is 14.6. The quantitative estimate of drug-likeness (QED) is 0.285. The van der Waals surface area contributed by atoms with E-state index in [4.69, 9.17) is 0 Å². The lowest BCUT2D eigenvalue weighted by atomic mass is 10.0. The molecule has 1 aromatic carbocycles. The number of carbonyl (C=O) groups is 4. The topological polar surface area (TPSA) is 139 Å². The van der Waals surface area contributed by atoms with Crippen LogP contribution in [0.4, 0.5) is 0 Å². The predicted octanol–water partition coefficient (Wildman–Crippen LogP) is 1.05. The summed E-state index contributed by atoms with van der Waals surface area (Å²) < 4.78 is 44.6. The van der Waals surface area contributed by atoms with Crippen LogP contribution in [0.25, 0.3) is 0 Å². The van der Waals surface area contributed by atoms with Gasteiger partial charge in [0.25, 0.3) is 0 Å². The molecular weight excluding hydrogens is 432 g/mol. The van der Waals surface area contributed by atoms with Crippen molar-refractivity contribution in [3.8, 4) is 0 Å². The van der Waals surface area contributed by atoms with E-state index in [-0.39, 0.29) is 9.80 Å². The van der Waals surface area contributed by atoms with Crippen LogP contribution in [0.2, 0.25) is 0 Å². The Hall–Kier alpha value is -3.21. The van der Waals surface area contributed by atoms with Crippen LogP contribution < -0.4 is 0 Å². The van der Waals surface area contributed by atoms with Crippen LogP contribution >= 0.6 is 0 Å². The van der Waals surface area contributed by atoms with Crippen molar-refractivity contribution in [3.05, 3.63) is 41.3 Å². The Bertz CT molecular complexity index is 902. The average Bonchev–Trinajstić information content (AvgIpc) is 2.79. The second kappa shape index (κ2) is 11.8. The molecule has 10 nitrogen and oxygen atoms in total. The fourth-order valence-corrected chi connectivity index (χ4v) is 4.14. The Kier molecular flexibility index (Phi) is 9.87. The highest BCUT2D eigenvalue weighted by Gasteiger charge is 2.35. The highest BCUT2D eigenvalue weighted by atomic mass is 32.2. The molecule has 0 aliphatic rings. The van der Waals surface area contributed by atoms with E-state index in [0.29, 0.717) is 0 Å². The zero-order chi connectivity index (χ0) is 23.6. The summed E-state index contributed by atoms with van der Waals surface area (Å²) in [4.78, 5) is 47.5. The molecule has 31 heavy (non-hydrogen) atoms. The van der Waals surface area contributed by atoms with Gasteiger partial charge >= 0.3 is 23.9 Å². The fourth-order valence-electron chi connectivity index (χ4n) is 2.62. The molecule has 0 bridgehead atoms. The van der Waals surface area contributed by atoms with E-state index in [1.165, 1.54) is 24.3 Å². The van der Waals surface area contributed by atoms with E-state index in [2.05, 4.69) is 18.9 Å². The van der Waals surface area contributed by atoms with Gasteiger partial charge in [-0.15, -0.1) is 0 Å². The number of esters is 4. The molecular formula is C20H24O10S. The van der Waals surface area contributed by atoms with Crippen molar-refractivity contribution in [3.63, 3.8) is 0 Å². The van der Waals surface area contributed by atoms with Gasteiger partial charge in [-0.3, -0.25) is 19.2 Å². The molecule has 0 aromatic heterocycles. The van der Waals surface area contributed by atoms with Crippen LogP contribution in [0.1, 0.15) is 12.8 Å². The second-order valence-electron chi connectivity index (χ2n) is 6.12. The van der Waals surface area contributed by atoms with Gasteiger partial charge < -0.3 is 18.9 Å². The molecule has 1 rings (SSSR count). The summed E-state index contributed by atoms with van der Waals surface area (Å²) in [6, 6.07) is 7.25. The number of benzene rings is 1. The van der Waals surface area contributed by atoms with E-state index in [0.717, 1.165) is 34.5 Å². The van der Waals surface area contributed by atoms with Crippen molar-refractivity contribution in [1.29, 1.82) is 0 Å². The Morgan fingerprint density at radius 1 is 0.774 bits per heavy atom. The molecule has 0 aliphatic carbocycles. The number of allylic oxidation sites excluding steroid dienone is 2. The van der Waals surface area contributed by atoms with Crippen LogP contribution in [0, 0.1) is 11.8 Å². The van der Waals surface area contributed by atoms with E-state index in [1.54, 1.807) is 6.07 Å². The van der Waals surface area contributed by atoms with Crippen molar-refractivity contribution < 1.29 is 46.5 Å². The van der Waals surface area contributed by atoms with Crippen molar-refractivity contribution >= 4 is 33.7 Å². The van der Waals surface area contributed by atoms with Gasteiger partial charge in [0, 0.05) is 11.3 Å². The molecule has 0 radical (unpaired) electrons. The van der Waals surface area contributed by atoms with Gasteiger partial charge in [-0.1, -0.05) is 24.3 Å². The van der Waals surface area contributed by atoms with Crippen molar-refractivity contribution in [2.24, 2.45) is 11.8 Å². The largest absolute Gasteiger partial charge is 0.468 e. The maximum absolute atomic E-state index is 13.2. The highest BCUT2D eigenvalue weighted by molar-refractivity contribution is 7.95. The summed E-state index contributed by atoms with van der Waals surface area (Å²) in [5.41, 5.74) is 0. The molecule has 11 heteroatoms. The third-order valence-corrected chi connectivity index (χ3v) is 6.24. The van der Waals surface area contributed by atoms with E-state index in [9.17, 15) is 27.6 Å². The zero-order valence-corrected chi connectivity index (χ0v) is 18.3. The van der Waals surface area contributed by atoms with Crippen LogP contribution in [0.15, 0.2) is 46.2 Å². The molecule has 0 fully saturated rings. The van der Waals surface area contributed by atoms with Crippen LogP contribution in [0.5, 0.6) is 0 Å². The standard InChI is InChI=1S/C20H24O10S/c1-27-17(21)15(18(22)28-2)11-10-14(12-16(19(23)29-3)20(24)30-4)31(25,26)13-8-6-5-7-9-13/h5-10,15-16H,11-12H2,1-4H3/b14-10-. The molecule has 0 atom stereocenters. The molecule has 170 valence electrons. The number of hydrogen-bond donors (Lipinski definition) is 0. The number of rotatable bonds is 10. The molecule has 0 aliphatic heterocycles. The summed E-state index contributed by atoms with van der Waals surface area (Å²) in [6.07, 6.45) is 0.0706. The summed E-state index contributed by atoms with van der Waals surface area (Å²) in [5.74, 6) is -6.88. The summed E-state index contributed by atoms with van der Waals surface area (Å²) >= 11 is 0. The van der Waals surface area contributed by atoms with E-state index in [1.807, 2.05) is 0 Å². The van der Waals surface area contributed by atoms with Crippen molar-refractivity contribution in [2.45, 2.75) is 17.7 Å². The predicted molar refractivity (Wildman–Crippen MR) is 106 cm³/mol. The van der Waals surface area contributed by atoms with Gasteiger partial charge in [-0.2, -0.15) is 0 Å². The highest BCUT2D eigenvalue weighted by Crippen LogP contribution is 2.28. The first kappa shape index (κ1) is 25.8. The van der Waals surface area contributed by atoms with E-state index >= 15 is 0 Å². The second-order valence-corrected chi connectivity index (χ2v) is 8.13. The Morgan fingerprint density at radius 2 is 1.19 bits per heavy atom. The van der Waals surface area contributed by atoms with Gasteiger partial charge in [-0.05, 0) is 18.6 Å². The third kappa shape index (κ3) is 6.64.